The second-order valence-corrected chi connectivity index (χ2v) is 7.81. The molecule has 0 radical (unpaired) electrons. The number of amides is 3. The van der Waals surface area contributed by atoms with Gasteiger partial charge in [0.05, 0.1) is 21.8 Å². The van der Waals surface area contributed by atoms with E-state index in [0.717, 1.165) is 18.7 Å². The number of hydrogen-bond acceptors (Lipinski definition) is 3. The molecule has 0 aliphatic rings. The summed E-state index contributed by atoms with van der Waals surface area (Å²) in [6, 6.07) is 14.8. The molecule has 0 heterocycles. The number of nitrogens with one attached hydrogen (secondary N) is 2. The molecule has 2 aromatic rings. The zero-order valence-electron chi connectivity index (χ0n) is 18.2. The second-order valence-electron chi connectivity index (χ2n) is 6.99. The van der Waals surface area contributed by atoms with Crippen molar-refractivity contribution in [2.24, 2.45) is 0 Å². The van der Waals surface area contributed by atoms with Crippen LogP contribution in [-0.2, 0) is 4.79 Å². The largest absolute Gasteiger partial charge is 0.336 e. The molecule has 1 unspecified atom stereocenters. The smallest absolute Gasteiger partial charge is 0.317 e. The minimum absolute atomic E-state index is 0.0506. The first kappa shape index (κ1) is 25.0. The fourth-order valence-corrected chi connectivity index (χ4v) is 3.88. The Morgan fingerprint density at radius 1 is 0.903 bits per heavy atom. The van der Waals surface area contributed by atoms with Gasteiger partial charge in [0.1, 0.15) is 6.54 Å². The second kappa shape index (κ2) is 12.5. The number of anilines is 1. The third kappa shape index (κ3) is 7.13. The highest BCUT2D eigenvalue weighted by atomic mass is 35.5. The van der Waals surface area contributed by atoms with Gasteiger partial charge < -0.3 is 15.5 Å². The zero-order valence-corrected chi connectivity index (χ0v) is 19.7. The Balaban J connectivity index is 2.01. The van der Waals surface area contributed by atoms with Gasteiger partial charge in [-0.1, -0.05) is 73.4 Å². The Morgan fingerprint density at radius 2 is 1.52 bits per heavy atom. The number of nitrogens with zero attached hydrogens (tertiary/aromatic N) is 2. The first-order valence-electron chi connectivity index (χ1n) is 10.5. The normalized spacial score (nSPS) is 11.8. The van der Waals surface area contributed by atoms with E-state index in [9.17, 15) is 9.59 Å². The molecule has 168 valence electrons. The third-order valence-corrected chi connectivity index (χ3v) is 5.74. The van der Waals surface area contributed by atoms with Crippen molar-refractivity contribution in [3.05, 3.63) is 64.1 Å². The van der Waals surface area contributed by atoms with Gasteiger partial charge in [-0.3, -0.25) is 9.69 Å². The Hall–Kier alpha value is -2.28. The molecule has 0 bridgehead atoms. The van der Waals surface area contributed by atoms with E-state index in [-0.39, 0.29) is 24.5 Å². The molecule has 0 fully saturated rings. The molecular formula is C23H30Cl2N4O2. The minimum atomic E-state index is -0.365. The Kier molecular flexibility index (Phi) is 10.1. The summed E-state index contributed by atoms with van der Waals surface area (Å²) in [7, 11) is 0. The summed E-state index contributed by atoms with van der Waals surface area (Å²) in [6.07, 6.45) is 0. The van der Waals surface area contributed by atoms with E-state index in [2.05, 4.69) is 41.5 Å². The lowest BCUT2D eigenvalue weighted by Crippen LogP contribution is -2.46. The van der Waals surface area contributed by atoms with Gasteiger partial charge >= 0.3 is 6.03 Å². The number of para-hydroxylation sites is 1. The molecule has 0 aliphatic heterocycles. The maximum absolute atomic E-state index is 12.8. The molecule has 2 rings (SSSR count). The average molecular weight is 465 g/mol. The summed E-state index contributed by atoms with van der Waals surface area (Å²) < 4.78 is 0. The number of hydrogen-bond donors (Lipinski definition) is 2. The van der Waals surface area contributed by atoms with E-state index in [1.165, 1.54) is 4.90 Å². The maximum Gasteiger partial charge on any atom is 0.317 e. The topological polar surface area (TPSA) is 64.7 Å². The highest BCUT2D eigenvalue weighted by Crippen LogP contribution is 2.29. The summed E-state index contributed by atoms with van der Waals surface area (Å²) in [5.41, 5.74) is 1.48. The van der Waals surface area contributed by atoms with Gasteiger partial charge in [0.2, 0.25) is 5.91 Å². The number of carbonyl (C=O) groups is 2. The molecule has 0 aromatic heterocycles. The summed E-state index contributed by atoms with van der Waals surface area (Å²) in [5.74, 6) is -0.365. The number of halogens is 2. The highest BCUT2D eigenvalue weighted by molar-refractivity contribution is 6.39. The van der Waals surface area contributed by atoms with Crippen molar-refractivity contribution < 1.29 is 9.59 Å². The predicted octanol–water partition coefficient (Wildman–Crippen LogP) is 5.05. The quantitative estimate of drug-likeness (QED) is 0.517. The van der Waals surface area contributed by atoms with Crippen LogP contribution in [-0.4, -0.2) is 54.5 Å². The van der Waals surface area contributed by atoms with Gasteiger partial charge in [-0.2, -0.15) is 0 Å². The van der Waals surface area contributed by atoms with Crippen LogP contribution in [0.5, 0.6) is 0 Å². The lowest BCUT2D eigenvalue weighted by atomic mass is 10.1. The van der Waals surface area contributed by atoms with Crippen LogP contribution >= 0.6 is 23.2 Å². The van der Waals surface area contributed by atoms with Crippen molar-refractivity contribution in [3.63, 3.8) is 0 Å². The fraction of sp³-hybridized carbons (Fsp3) is 0.391. The molecule has 0 aliphatic carbocycles. The molecule has 0 saturated heterocycles. The molecule has 0 saturated carbocycles. The number of likely N-dealkylation sites (N-methyl/N-ethyl adjacent to an activating group) is 2. The van der Waals surface area contributed by atoms with E-state index in [1.807, 2.05) is 25.1 Å². The zero-order chi connectivity index (χ0) is 22.8. The fourth-order valence-electron chi connectivity index (χ4n) is 3.39. The molecule has 8 heteroatoms. The summed E-state index contributed by atoms with van der Waals surface area (Å²) >= 11 is 12.2. The van der Waals surface area contributed by atoms with Gasteiger partial charge in [-0.15, -0.1) is 0 Å². The summed E-state index contributed by atoms with van der Waals surface area (Å²) in [6.45, 7) is 8.48. The average Bonchev–Trinajstić information content (AvgIpc) is 2.78. The molecule has 6 nitrogen and oxygen atoms in total. The van der Waals surface area contributed by atoms with E-state index in [1.54, 1.807) is 18.2 Å². The van der Waals surface area contributed by atoms with Gasteiger partial charge in [0.15, 0.2) is 0 Å². The van der Waals surface area contributed by atoms with Crippen LogP contribution in [0.2, 0.25) is 10.0 Å². The van der Waals surface area contributed by atoms with E-state index >= 15 is 0 Å². The highest BCUT2D eigenvalue weighted by Gasteiger charge is 2.21. The SMILES string of the molecule is CCN(CC(=O)Nc1c(Cl)cccc1Cl)C(=O)NCC(c1ccccc1)N(CC)CC. The van der Waals surface area contributed by atoms with Crippen molar-refractivity contribution in [1.29, 1.82) is 0 Å². The number of carbonyl (C=O) groups excluding carboxylic acids is 2. The van der Waals surface area contributed by atoms with Crippen LogP contribution < -0.4 is 10.6 Å². The Morgan fingerprint density at radius 3 is 2.06 bits per heavy atom. The molecule has 3 amide bonds. The van der Waals surface area contributed by atoms with Crippen LogP contribution in [0.4, 0.5) is 10.5 Å². The number of rotatable bonds is 10. The van der Waals surface area contributed by atoms with Crippen LogP contribution in [0.1, 0.15) is 32.4 Å². The molecule has 2 aromatic carbocycles. The summed E-state index contributed by atoms with van der Waals surface area (Å²) in [5, 5.41) is 6.37. The predicted molar refractivity (Wildman–Crippen MR) is 128 cm³/mol. The number of urea groups is 1. The third-order valence-electron chi connectivity index (χ3n) is 5.11. The van der Waals surface area contributed by atoms with E-state index in [0.29, 0.717) is 28.8 Å². The van der Waals surface area contributed by atoms with Crippen LogP contribution in [0.3, 0.4) is 0 Å². The minimum Gasteiger partial charge on any atom is -0.336 e. The van der Waals surface area contributed by atoms with Crippen molar-refractivity contribution >= 4 is 40.8 Å². The molecule has 1 atom stereocenters. The standard InChI is InChI=1S/C23H30Cl2N4O2/c1-4-28(5-2)20(17-11-8-7-9-12-17)15-26-23(31)29(6-3)16-21(30)27-22-18(24)13-10-14-19(22)25/h7-14,20H,4-6,15-16H2,1-3H3,(H,26,31)(H,27,30). The van der Waals surface area contributed by atoms with Crippen LogP contribution in [0, 0.1) is 0 Å². The lowest BCUT2D eigenvalue weighted by molar-refractivity contribution is -0.116. The van der Waals surface area contributed by atoms with Crippen molar-refractivity contribution in [3.8, 4) is 0 Å². The maximum atomic E-state index is 12.8. The lowest BCUT2D eigenvalue weighted by Gasteiger charge is -2.31. The first-order valence-corrected chi connectivity index (χ1v) is 11.2. The molecule has 2 N–H and O–H groups in total. The van der Waals surface area contributed by atoms with E-state index in [4.69, 9.17) is 23.2 Å². The number of benzene rings is 2. The summed E-state index contributed by atoms with van der Waals surface area (Å²) in [4.78, 5) is 29.0. The molecule has 31 heavy (non-hydrogen) atoms. The van der Waals surface area contributed by atoms with Gasteiger partial charge in [-0.25, -0.2) is 4.79 Å². The van der Waals surface area contributed by atoms with Crippen LogP contribution in [0.25, 0.3) is 0 Å². The Bertz CT molecular complexity index is 840. The van der Waals surface area contributed by atoms with Crippen molar-refractivity contribution in [1.82, 2.24) is 15.1 Å². The Labute approximate surface area is 194 Å². The molecule has 0 spiro atoms. The van der Waals surface area contributed by atoms with Crippen LogP contribution in [0.15, 0.2) is 48.5 Å². The first-order chi connectivity index (χ1) is 14.9. The van der Waals surface area contributed by atoms with Gasteiger partial charge in [-0.05, 0) is 37.7 Å². The van der Waals surface area contributed by atoms with E-state index < -0.39 is 0 Å². The monoisotopic (exact) mass is 464 g/mol. The van der Waals surface area contributed by atoms with Gasteiger partial charge in [0, 0.05) is 13.1 Å². The van der Waals surface area contributed by atoms with Crippen molar-refractivity contribution in [2.75, 3.05) is 38.0 Å². The van der Waals surface area contributed by atoms with Crippen molar-refractivity contribution in [2.45, 2.75) is 26.8 Å². The molecular weight excluding hydrogens is 435 g/mol. The van der Waals surface area contributed by atoms with Gasteiger partial charge in [0.25, 0.3) is 0 Å².